The van der Waals surface area contributed by atoms with Crippen LogP contribution in [0.1, 0.15) is 18.9 Å². The molecule has 0 saturated heterocycles. The van der Waals surface area contributed by atoms with Gasteiger partial charge in [0, 0.05) is 13.6 Å². The Bertz CT molecular complexity index is 428. The highest BCUT2D eigenvalue weighted by molar-refractivity contribution is 5.79. The number of aliphatic carboxylic acids is 1. The number of hydrogen-bond acceptors (Lipinski definition) is 3. The van der Waals surface area contributed by atoms with E-state index in [-0.39, 0.29) is 25.3 Å². The van der Waals surface area contributed by atoms with Crippen LogP contribution in [0.25, 0.3) is 0 Å². The number of hydrogen-bond donors (Lipinski definition) is 1. The smallest absolute Gasteiger partial charge is 0.305 e. The molecular formula is C14H19NO4. The number of nitrogens with zero attached hydrogens (tertiary/aromatic N) is 1. The molecular weight excluding hydrogens is 246 g/mol. The maximum Gasteiger partial charge on any atom is 0.305 e. The summed E-state index contributed by atoms with van der Waals surface area (Å²) in [5.41, 5.74) is 0.885. The SMILES string of the molecule is CCOc1ccc(CC(=O)N(C)CCC(=O)O)cc1. The quantitative estimate of drug-likeness (QED) is 0.812. The fourth-order valence-electron chi connectivity index (χ4n) is 1.57. The van der Waals surface area contributed by atoms with E-state index in [4.69, 9.17) is 9.84 Å². The first-order valence-electron chi connectivity index (χ1n) is 6.20. The molecule has 0 radical (unpaired) electrons. The molecule has 0 heterocycles. The summed E-state index contributed by atoms with van der Waals surface area (Å²) >= 11 is 0. The van der Waals surface area contributed by atoms with Gasteiger partial charge in [0.05, 0.1) is 19.4 Å². The normalized spacial score (nSPS) is 10.0. The van der Waals surface area contributed by atoms with E-state index in [1.807, 2.05) is 31.2 Å². The molecule has 0 unspecified atom stereocenters. The summed E-state index contributed by atoms with van der Waals surface area (Å²) in [4.78, 5) is 23.7. The van der Waals surface area contributed by atoms with Gasteiger partial charge >= 0.3 is 5.97 Å². The Morgan fingerprint density at radius 1 is 1.26 bits per heavy atom. The van der Waals surface area contributed by atoms with Crippen LogP contribution in [-0.2, 0) is 16.0 Å². The van der Waals surface area contributed by atoms with Crippen LogP contribution in [0.3, 0.4) is 0 Å². The van der Waals surface area contributed by atoms with Crippen LogP contribution in [0.5, 0.6) is 5.75 Å². The first-order valence-corrected chi connectivity index (χ1v) is 6.20. The topological polar surface area (TPSA) is 66.8 Å². The average Bonchev–Trinajstić information content (AvgIpc) is 2.38. The van der Waals surface area contributed by atoms with Crippen molar-refractivity contribution in [3.63, 3.8) is 0 Å². The van der Waals surface area contributed by atoms with E-state index in [0.29, 0.717) is 6.61 Å². The fourth-order valence-corrected chi connectivity index (χ4v) is 1.57. The van der Waals surface area contributed by atoms with E-state index in [9.17, 15) is 9.59 Å². The minimum absolute atomic E-state index is 0.0362. The third-order valence-electron chi connectivity index (χ3n) is 2.68. The first-order chi connectivity index (χ1) is 9.02. The third kappa shape index (κ3) is 5.42. The van der Waals surface area contributed by atoms with Crippen molar-refractivity contribution in [2.75, 3.05) is 20.2 Å². The van der Waals surface area contributed by atoms with Crippen molar-refractivity contribution in [1.82, 2.24) is 4.90 Å². The highest BCUT2D eigenvalue weighted by Crippen LogP contribution is 2.13. The van der Waals surface area contributed by atoms with Crippen LogP contribution in [-0.4, -0.2) is 42.1 Å². The van der Waals surface area contributed by atoms with Crippen molar-refractivity contribution >= 4 is 11.9 Å². The molecule has 5 heteroatoms. The molecule has 19 heavy (non-hydrogen) atoms. The zero-order valence-electron chi connectivity index (χ0n) is 11.3. The molecule has 0 aliphatic heterocycles. The number of rotatable bonds is 7. The van der Waals surface area contributed by atoms with Gasteiger partial charge in [-0.2, -0.15) is 0 Å². The molecule has 1 aromatic rings. The largest absolute Gasteiger partial charge is 0.494 e. The highest BCUT2D eigenvalue weighted by Gasteiger charge is 2.11. The average molecular weight is 265 g/mol. The Kier molecular flexibility index (Phi) is 5.85. The number of carboxylic acids is 1. The Morgan fingerprint density at radius 2 is 1.89 bits per heavy atom. The lowest BCUT2D eigenvalue weighted by atomic mass is 10.1. The van der Waals surface area contributed by atoms with Crippen LogP contribution in [0.2, 0.25) is 0 Å². The summed E-state index contributed by atoms with van der Waals surface area (Å²) in [5, 5.41) is 8.56. The van der Waals surface area contributed by atoms with E-state index in [1.54, 1.807) is 7.05 Å². The van der Waals surface area contributed by atoms with Crippen molar-refractivity contribution in [3.8, 4) is 5.75 Å². The van der Waals surface area contributed by atoms with Crippen molar-refractivity contribution in [3.05, 3.63) is 29.8 Å². The molecule has 104 valence electrons. The van der Waals surface area contributed by atoms with Gasteiger partial charge in [0.2, 0.25) is 5.91 Å². The predicted molar refractivity (Wildman–Crippen MR) is 71.2 cm³/mol. The van der Waals surface area contributed by atoms with Crippen LogP contribution in [0.15, 0.2) is 24.3 Å². The van der Waals surface area contributed by atoms with Crippen molar-refractivity contribution in [2.45, 2.75) is 19.8 Å². The molecule has 1 aromatic carbocycles. The van der Waals surface area contributed by atoms with Crippen LogP contribution in [0.4, 0.5) is 0 Å². The lowest BCUT2D eigenvalue weighted by Gasteiger charge is -2.16. The lowest BCUT2D eigenvalue weighted by molar-refractivity contribution is -0.138. The van der Waals surface area contributed by atoms with Gasteiger partial charge < -0.3 is 14.7 Å². The molecule has 1 amide bonds. The first kappa shape index (κ1) is 15.0. The van der Waals surface area contributed by atoms with Gasteiger partial charge in [0.25, 0.3) is 0 Å². The molecule has 1 N–H and O–H groups in total. The Hall–Kier alpha value is -2.04. The van der Waals surface area contributed by atoms with Gasteiger partial charge in [0.15, 0.2) is 0 Å². The number of ether oxygens (including phenoxy) is 1. The molecule has 0 atom stereocenters. The number of amides is 1. The van der Waals surface area contributed by atoms with Crippen LogP contribution in [0, 0.1) is 0 Å². The number of carbonyl (C=O) groups is 2. The zero-order valence-corrected chi connectivity index (χ0v) is 11.3. The number of carbonyl (C=O) groups excluding carboxylic acids is 1. The molecule has 0 aliphatic rings. The van der Waals surface area contributed by atoms with Gasteiger partial charge in [-0.1, -0.05) is 12.1 Å². The van der Waals surface area contributed by atoms with Crippen molar-refractivity contribution in [1.29, 1.82) is 0 Å². The van der Waals surface area contributed by atoms with Crippen molar-refractivity contribution < 1.29 is 19.4 Å². The van der Waals surface area contributed by atoms with Gasteiger partial charge in [-0.05, 0) is 24.6 Å². The van der Waals surface area contributed by atoms with Gasteiger partial charge in [0.1, 0.15) is 5.75 Å². The molecule has 1 rings (SSSR count). The maximum atomic E-state index is 11.8. The Labute approximate surface area is 112 Å². The second-order valence-corrected chi connectivity index (χ2v) is 4.21. The predicted octanol–water partition coefficient (Wildman–Crippen LogP) is 1.56. The monoisotopic (exact) mass is 265 g/mol. The van der Waals surface area contributed by atoms with Crippen LogP contribution < -0.4 is 4.74 Å². The van der Waals surface area contributed by atoms with E-state index in [2.05, 4.69) is 0 Å². The Balaban J connectivity index is 2.49. The van der Waals surface area contributed by atoms with Gasteiger partial charge in [-0.15, -0.1) is 0 Å². The minimum atomic E-state index is -0.902. The summed E-state index contributed by atoms with van der Waals surface area (Å²) in [6.45, 7) is 2.75. The molecule has 0 aliphatic carbocycles. The van der Waals surface area contributed by atoms with Crippen molar-refractivity contribution in [2.24, 2.45) is 0 Å². The maximum absolute atomic E-state index is 11.8. The van der Waals surface area contributed by atoms with Gasteiger partial charge in [-0.3, -0.25) is 9.59 Å². The molecule has 0 fully saturated rings. The van der Waals surface area contributed by atoms with Crippen LogP contribution >= 0.6 is 0 Å². The lowest BCUT2D eigenvalue weighted by Crippen LogP contribution is -2.30. The molecule has 5 nitrogen and oxygen atoms in total. The van der Waals surface area contributed by atoms with E-state index < -0.39 is 5.97 Å². The summed E-state index contributed by atoms with van der Waals surface area (Å²) in [5.74, 6) is -0.218. The van der Waals surface area contributed by atoms with E-state index in [1.165, 1.54) is 4.90 Å². The summed E-state index contributed by atoms with van der Waals surface area (Å²) in [6, 6.07) is 7.33. The standard InChI is InChI=1S/C14H19NO4/c1-3-19-12-6-4-11(5-7-12)10-13(16)15(2)9-8-14(17)18/h4-7H,3,8-10H2,1-2H3,(H,17,18). The molecule has 0 aromatic heterocycles. The number of carboxylic acid groups (broad SMARTS) is 1. The zero-order chi connectivity index (χ0) is 14.3. The van der Waals surface area contributed by atoms with E-state index in [0.717, 1.165) is 11.3 Å². The van der Waals surface area contributed by atoms with E-state index >= 15 is 0 Å². The second kappa shape index (κ2) is 7.41. The van der Waals surface area contributed by atoms with Gasteiger partial charge in [-0.25, -0.2) is 0 Å². The molecule has 0 bridgehead atoms. The summed E-state index contributed by atoms with van der Waals surface area (Å²) in [7, 11) is 1.61. The molecule has 0 spiro atoms. The molecule has 0 saturated carbocycles. The Morgan fingerprint density at radius 3 is 2.42 bits per heavy atom. The highest BCUT2D eigenvalue weighted by atomic mass is 16.5. The summed E-state index contributed by atoms with van der Waals surface area (Å²) < 4.78 is 5.32. The number of benzene rings is 1. The fraction of sp³-hybridized carbons (Fsp3) is 0.429. The summed E-state index contributed by atoms with van der Waals surface area (Å²) in [6.07, 6.45) is 0.230. The second-order valence-electron chi connectivity index (χ2n) is 4.21. The number of likely N-dealkylation sites (N-methyl/N-ethyl adjacent to an activating group) is 1. The minimum Gasteiger partial charge on any atom is -0.494 e. The third-order valence-corrected chi connectivity index (χ3v) is 2.68.